The van der Waals surface area contributed by atoms with Crippen LogP contribution in [0.15, 0.2) is 76.9 Å². The van der Waals surface area contributed by atoms with E-state index >= 15 is 0 Å². The van der Waals surface area contributed by atoms with Crippen molar-refractivity contribution >= 4 is 40.7 Å². The Balaban J connectivity index is 1.48. The fraction of sp³-hybridized carbons (Fsp3) is 0.290. The van der Waals surface area contributed by atoms with Crippen LogP contribution >= 0.6 is 11.6 Å². The molecule has 2 aromatic rings. The van der Waals surface area contributed by atoms with Crippen LogP contribution in [-0.4, -0.2) is 28.5 Å². The van der Waals surface area contributed by atoms with E-state index in [1.807, 2.05) is 25.1 Å². The molecular weight excluding hydrogens is 502 g/mol. The van der Waals surface area contributed by atoms with E-state index in [4.69, 9.17) is 11.6 Å². The van der Waals surface area contributed by atoms with Crippen molar-refractivity contribution in [2.24, 2.45) is 17.8 Å². The number of imide groups is 1. The summed E-state index contributed by atoms with van der Waals surface area (Å²) in [6, 6.07) is 12.0. The number of anilines is 1. The van der Waals surface area contributed by atoms with Gasteiger partial charge in [-0.1, -0.05) is 48.4 Å². The number of Topliss-reactive ketones (excluding diaryl/α,β-unsaturated/α-hetero) is 1. The maximum atomic E-state index is 13.9. The van der Waals surface area contributed by atoms with Crippen molar-refractivity contribution in [1.29, 1.82) is 0 Å². The van der Waals surface area contributed by atoms with Crippen molar-refractivity contribution in [2.75, 3.05) is 4.90 Å². The molecule has 2 aromatic carbocycles. The Labute approximate surface area is 225 Å². The molecule has 0 bridgehead atoms. The molecule has 0 aromatic heterocycles. The second-order valence-corrected chi connectivity index (χ2v) is 10.9. The van der Waals surface area contributed by atoms with E-state index in [0.717, 1.165) is 17.6 Å². The molecule has 2 amide bonds. The summed E-state index contributed by atoms with van der Waals surface area (Å²) in [4.78, 5) is 55.4. The van der Waals surface area contributed by atoms with Crippen molar-refractivity contribution < 1.29 is 24.3 Å². The SMILES string of the molecule is CCc1ccc(N2C(=O)[C@H]3[C@H](CC=C4[C@H](c5ccc(O)cc5Cl)C5=C(C[C@H]43)C(=O)C(C)=CC5=O)C2=O)cc1. The second kappa shape index (κ2) is 8.91. The first-order valence-corrected chi connectivity index (χ1v) is 13.2. The Kier molecular flexibility index (Phi) is 5.76. The van der Waals surface area contributed by atoms with Crippen LogP contribution in [-0.2, 0) is 25.6 Å². The number of phenols is 1. The number of hydrogen-bond donors (Lipinski definition) is 1. The van der Waals surface area contributed by atoms with Gasteiger partial charge in [-0.3, -0.25) is 24.1 Å². The Hall–Kier alpha value is -3.77. The molecule has 1 saturated heterocycles. The van der Waals surface area contributed by atoms with E-state index in [-0.39, 0.29) is 40.6 Å². The van der Waals surface area contributed by atoms with E-state index in [1.54, 1.807) is 25.1 Å². The summed E-state index contributed by atoms with van der Waals surface area (Å²) in [5.41, 5.74) is 4.19. The number of hydrogen-bond acceptors (Lipinski definition) is 5. The molecule has 0 unspecified atom stereocenters. The van der Waals surface area contributed by atoms with Crippen LogP contribution in [0.4, 0.5) is 5.69 Å². The first-order valence-electron chi connectivity index (χ1n) is 12.9. The van der Waals surface area contributed by atoms with Gasteiger partial charge in [0.2, 0.25) is 11.8 Å². The van der Waals surface area contributed by atoms with Gasteiger partial charge >= 0.3 is 0 Å². The Morgan fingerprint density at radius 3 is 2.42 bits per heavy atom. The molecule has 1 N–H and O–H groups in total. The quantitative estimate of drug-likeness (QED) is 0.335. The molecule has 0 saturated carbocycles. The fourth-order valence-electron chi connectivity index (χ4n) is 6.62. The van der Waals surface area contributed by atoms with E-state index in [2.05, 4.69) is 0 Å². The molecule has 7 heteroatoms. The summed E-state index contributed by atoms with van der Waals surface area (Å²) in [6.45, 7) is 3.66. The predicted octanol–water partition coefficient (Wildman–Crippen LogP) is 5.24. The van der Waals surface area contributed by atoms with E-state index in [1.165, 1.54) is 23.1 Å². The number of nitrogens with zero attached hydrogens (tertiary/aromatic N) is 1. The smallest absolute Gasteiger partial charge is 0.238 e. The number of aromatic hydroxyl groups is 1. The lowest BCUT2D eigenvalue weighted by Gasteiger charge is -2.42. The number of allylic oxidation sites excluding steroid dienone is 6. The molecule has 3 aliphatic carbocycles. The first kappa shape index (κ1) is 24.6. The highest BCUT2D eigenvalue weighted by Crippen LogP contribution is 2.56. The largest absolute Gasteiger partial charge is 0.508 e. The normalized spacial score (nSPS) is 26.7. The van der Waals surface area contributed by atoms with Gasteiger partial charge in [0.15, 0.2) is 11.6 Å². The zero-order valence-corrected chi connectivity index (χ0v) is 21.8. The molecule has 192 valence electrons. The standard InChI is InChI=1S/C31H26ClNO5/c1-3-16-4-6-17(7-5-16)33-30(37)21-11-10-19-22(27(21)31(33)38)14-23-28(25(35)12-15(2)29(23)36)26(19)20-9-8-18(34)13-24(20)32/h4-10,12-13,21-22,26-27,34H,3,11,14H2,1-2H3/t21-,22+,26+,27-/m0/s1. The van der Waals surface area contributed by atoms with Gasteiger partial charge < -0.3 is 5.11 Å². The van der Waals surface area contributed by atoms with Crippen molar-refractivity contribution in [2.45, 2.75) is 39.0 Å². The van der Waals surface area contributed by atoms with Crippen LogP contribution in [0.2, 0.25) is 5.02 Å². The van der Waals surface area contributed by atoms with Crippen LogP contribution < -0.4 is 4.90 Å². The van der Waals surface area contributed by atoms with E-state index in [0.29, 0.717) is 34.4 Å². The molecule has 4 atom stereocenters. The average Bonchev–Trinajstić information content (AvgIpc) is 3.16. The third-order valence-electron chi connectivity index (χ3n) is 8.46. The van der Waals surface area contributed by atoms with Gasteiger partial charge in [-0.05, 0) is 73.6 Å². The highest BCUT2D eigenvalue weighted by atomic mass is 35.5. The van der Waals surface area contributed by atoms with Crippen molar-refractivity contribution in [3.63, 3.8) is 0 Å². The van der Waals surface area contributed by atoms with Crippen LogP contribution in [0.1, 0.15) is 43.7 Å². The molecule has 0 radical (unpaired) electrons. The minimum Gasteiger partial charge on any atom is -0.508 e. The van der Waals surface area contributed by atoms with Crippen LogP contribution in [0.5, 0.6) is 5.75 Å². The van der Waals surface area contributed by atoms with Gasteiger partial charge in [0.25, 0.3) is 0 Å². The van der Waals surface area contributed by atoms with Gasteiger partial charge in [0, 0.05) is 27.7 Å². The van der Waals surface area contributed by atoms with Gasteiger partial charge in [-0.15, -0.1) is 0 Å². The van der Waals surface area contributed by atoms with Crippen LogP contribution in [0, 0.1) is 17.8 Å². The number of fused-ring (bicyclic) bond motifs is 3. The summed E-state index contributed by atoms with van der Waals surface area (Å²) < 4.78 is 0. The maximum absolute atomic E-state index is 13.9. The van der Waals surface area contributed by atoms with Gasteiger partial charge in [-0.2, -0.15) is 0 Å². The molecule has 6 rings (SSSR count). The Morgan fingerprint density at radius 2 is 1.74 bits per heavy atom. The van der Waals surface area contributed by atoms with Crippen molar-refractivity contribution in [1.82, 2.24) is 0 Å². The van der Waals surface area contributed by atoms with Gasteiger partial charge in [0.05, 0.1) is 17.5 Å². The lowest BCUT2D eigenvalue weighted by Crippen LogP contribution is -2.39. The Bertz CT molecular complexity index is 1530. The number of rotatable bonds is 3. The first-order chi connectivity index (χ1) is 18.2. The number of aryl methyl sites for hydroxylation is 1. The molecule has 6 nitrogen and oxygen atoms in total. The third-order valence-corrected chi connectivity index (χ3v) is 8.79. The monoisotopic (exact) mass is 527 g/mol. The van der Waals surface area contributed by atoms with Gasteiger partial charge in [0.1, 0.15) is 5.75 Å². The Morgan fingerprint density at radius 1 is 1.00 bits per heavy atom. The minimum absolute atomic E-state index is 0.0129. The number of phenolic OH excluding ortho intramolecular Hbond substituents is 1. The minimum atomic E-state index is -0.644. The van der Waals surface area contributed by atoms with Crippen LogP contribution in [0.3, 0.4) is 0 Å². The molecule has 1 aliphatic heterocycles. The summed E-state index contributed by atoms with van der Waals surface area (Å²) in [6.07, 6.45) is 4.74. The van der Waals surface area contributed by atoms with Crippen molar-refractivity contribution in [3.05, 3.63) is 93.1 Å². The number of amides is 2. The number of carbonyl (C=O) groups is 4. The third kappa shape index (κ3) is 3.54. The summed E-state index contributed by atoms with van der Waals surface area (Å²) in [5, 5.41) is 10.2. The molecule has 4 aliphatic rings. The lowest BCUT2D eigenvalue weighted by atomic mass is 9.59. The average molecular weight is 528 g/mol. The van der Waals surface area contributed by atoms with E-state index < -0.39 is 23.7 Å². The molecular formula is C31H26ClNO5. The lowest BCUT2D eigenvalue weighted by molar-refractivity contribution is -0.123. The highest BCUT2D eigenvalue weighted by molar-refractivity contribution is 6.32. The topological polar surface area (TPSA) is 91.8 Å². The molecule has 1 fully saturated rings. The molecule has 1 heterocycles. The zero-order chi connectivity index (χ0) is 26.9. The van der Waals surface area contributed by atoms with Crippen molar-refractivity contribution in [3.8, 4) is 5.75 Å². The molecule has 0 spiro atoms. The summed E-state index contributed by atoms with van der Waals surface area (Å²) in [5.74, 6) is -3.24. The maximum Gasteiger partial charge on any atom is 0.238 e. The van der Waals surface area contributed by atoms with E-state index in [9.17, 15) is 24.3 Å². The molecule has 38 heavy (non-hydrogen) atoms. The summed E-state index contributed by atoms with van der Waals surface area (Å²) >= 11 is 6.58. The van der Waals surface area contributed by atoms with Gasteiger partial charge in [-0.25, -0.2) is 0 Å². The number of ketones is 2. The fourth-order valence-corrected chi connectivity index (χ4v) is 6.91. The highest BCUT2D eigenvalue weighted by Gasteiger charge is 2.56. The van der Waals surface area contributed by atoms with Crippen LogP contribution in [0.25, 0.3) is 0 Å². The summed E-state index contributed by atoms with van der Waals surface area (Å²) in [7, 11) is 0. The number of benzene rings is 2. The number of halogens is 1. The number of carbonyl (C=O) groups excluding carboxylic acids is 4. The second-order valence-electron chi connectivity index (χ2n) is 10.5. The predicted molar refractivity (Wildman–Crippen MR) is 143 cm³/mol. The zero-order valence-electron chi connectivity index (χ0n) is 21.0.